The van der Waals surface area contributed by atoms with Crippen molar-refractivity contribution in [1.82, 2.24) is 10.2 Å². The molecule has 0 radical (unpaired) electrons. The summed E-state index contributed by atoms with van der Waals surface area (Å²) in [5.74, 6) is 1.37. The lowest BCUT2D eigenvalue weighted by atomic mass is 10.1. The van der Waals surface area contributed by atoms with Gasteiger partial charge in [-0.2, -0.15) is 5.26 Å². The number of benzene rings is 1. The Bertz CT molecular complexity index is 987. The van der Waals surface area contributed by atoms with Crippen LogP contribution in [0.3, 0.4) is 0 Å². The molecule has 3 rings (SSSR count). The molecule has 0 unspecified atom stereocenters. The van der Waals surface area contributed by atoms with Crippen molar-refractivity contribution in [2.24, 2.45) is 0 Å². The van der Waals surface area contributed by atoms with Gasteiger partial charge >= 0.3 is 0 Å². The van der Waals surface area contributed by atoms with Gasteiger partial charge in [0, 0.05) is 23.3 Å². The maximum absolute atomic E-state index is 10.9. The van der Waals surface area contributed by atoms with Crippen LogP contribution in [0, 0.1) is 35.3 Å². The zero-order valence-electron chi connectivity index (χ0n) is 13.5. The lowest BCUT2D eigenvalue weighted by molar-refractivity contribution is -0.384. The topological polar surface area (TPSA) is 118 Å². The molecule has 0 bridgehead atoms. The number of anilines is 2. The van der Waals surface area contributed by atoms with Gasteiger partial charge in [0.25, 0.3) is 5.69 Å². The van der Waals surface area contributed by atoms with Gasteiger partial charge in [-0.1, -0.05) is 12.1 Å². The van der Waals surface area contributed by atoms with Crippen LogP contribution < -0.4 is 5.32 Å². The maximum atomic E-state index is 10.9. The Labute approximate surface area is 142 Å². The van der Waals surface area contributed by atoms with Gasteiger partial charge in [0.1, 0.15) is 17.4 Å². The summed E-state index contributed by atoms with van der Waals surface area (Å²) in [5, 5.41) is 31.1. The quantitative estimate of drug-likeness (QED) is 0.567. The van der Waals surface area contributed by atoms with Gasteiger partial charge in [-0.05, 0) is 26.0 Å². The van der Waals surface area contributed by atoms with Crippen LogP contribution in [0.25, 0.3) is 11.3 Å². The van der Waals surface area contributed by atoms with Crippen molar-refractivity contribution in [2.45, 2.75) is 13.8 Å². The number of non-ortho nitro benzene ring substituents is 1. The van der Waals surface area contributed by atoms with E-state index in [9.17, 15) is 15.4 Å². The summed E-state index contributed by atoms with van der Waals surface area (Å²) in [6, 6.07) is 11.6. The number of nitro groups is 1. The second kappa shape index (κ2) is 6.41. The fourth-order valence-corrected chi connectivity index (χ4v) is 2.30. The number of nitriles is 1. The number of hydrogen-bond donors (Lipinski definition) is 1. The highest BCUT2D eigenvalue weighted by Gasteiger charge is 2.15. The van der Waals surface area contributed by atoms with Crippen LogP contribution in [-0.2, 0) is 0 Å². The first-order valence-corrected chi connectivity index (χ1v) is 7.35. The number of hydrogen-bond acceptors (Lipinski definition) is 7. The molecule has 2 heterocycles. The number of nitrogens with one attached hydrogen (secondary N) is 1. The number of rotatable bonds is 4. The van der Waals surface area contributed by atoms with E-state index < -0.39 is 4.92 Å². The lowest BCUT2D eigenvalue weighted by Crippen LogP contribution is -1.97. The average Bonchev–Trinajstić information content (AvgIpc) is 2.89. The van der Waals surface area contributed by atoms with E-state index in [1.807, 2.05) is 0 Å². The smallest absolute Gasteiger partial charge is 0.270 e. The van der Waals surface area contributed by atoms with E-state index in [1.54, 1.807) is 38.1 Å². The van der Waals surface area contributed by atoms with E-state index in [1.165, 1.54) is 12.1 Å². The van der Waals surface area contributed by atoms with Crippen LogP contribution >= 0.6 is 0 Å². The molecule has 0 aliphatic heterocycles. The summed E-state index contributed by atoms with van der Waals surface area (Å²) < 4.78 is 5.52. The van der Waals surface area contributed by atoms with E-state index in [0.29, 0.717) is 34.3 Å². The maximum Gasteiger partial charge on any atom is 0.270 e. The normalized spacial score (nSPS) is 10.3. The fourth-order valence-electron chi connectivity index (χ4n) is 2.30. The molecule has 0 aliphatic carbocycles. The molecule has 25 heavy (non-hydrogen) atoms. The molecule has 1 aromatic carbocycles. The Morgan fingerprint density at radius 1 is 1.24 bits per heavy atom. The SMILES string of the molecule is Cc1oc(Nc2ccc(-c3cccc([N+](=O)[O-])c3)nn2)c(C#N)c1C. The Hall–Kier alpha value is -3.73. The van der Waals surface area contributed by atoms with Crippen LogP contribution in [0.1, 0.15) is 16.9 Å². The van der Waals surface area contributed by atoms with Crippen LogP contribution in [0.2, 0.25) is 0 Å². The zero-order chi connectivity index (χ0) is 18.0. The molecule has 124 valence electrons. The second-order valence-electron chi connectivity index (χ2n) is 5.34. The minimum atomic E-state index is -0.460. The first kappa shape index (κ1) is 16.1. The predicted octanol–water partition coefficient (Wildman–Crippen LogP) is 3.88. The Kier molecular flexibility index (Phi) is 4.14. The average molecular weight is 335 g/mol. The third kappa shape index (κ3) is 3.16. The molecule has 0 aliphatic rings. The number of nitro benzene ring substituents is 1. The molecule has 0 saturated carbocycles. The van der Waals surface area contributed by atoms with Crippen LogP contribution in [0.15, 0.2) is 40.8 Å². The van der Waals surface area contributed by atoms with Gasteiger partial charge < -0.3 is 9.73 Å². The van der Waals surface area contributed by atoms with Crippen LogP contribution in [-0.4, -0.2) is 15.1 Å². The van der Waals surface area contributed by atoms with Gasteiger partial charge in [0.05, 0.1) is 10.6 Å². The lowest BCUT2D eigenvalue weighted by Gasteiger charge is -2.04. The molecule has 0 saturated heterocycles. The van der Waals surface area contributed by atoms with E-state index in [4.69, 9.17) is 4.42 Å². The van der Waals surface area contributed by atoms with Gasteiger partial charge in [0.2, 0.25) is 5.88 Å². The first-order valence-electron chi connectivity index (χ1n) is 7.35. The summed E-state index contributed by atoms with van der Waals surface area (Å²) in [6.07, 6.45) is 0. The van der Waals surface area contributed by atoms with Crippen molar-refractivity contribution in [3.8, 4) is 17.3 Å². The van der Waals surface area contributed by atoms with Crippen molar-refractivity contribution >= 4 is 17.4 Å². The Balaban J connectivity index is 1.86. The highest BCUT2D eigenvalue weighted by Crippen LogP contribution is 2.28. The molecule has 0 atom stereocenters. The molecule has 0 spiro atoms. The molecule has 0 fully saturated rings. The van der Waals surface area contributed by atoms with Gasteiger partial charge in [-0.25, -0.2) is 0 Å². The van der Waals surface area contributed by atoms with Crippen molar-refractivity contribution in [3.05, 3.63) is 63.4 Å². The highest BCUT2D eigenvalue weighted by atomic mass is 16.6. The Morgan fingerprint density at radius 2 is 2.04 bits per heavy atom. The molecule has 1 N–H and O–H groups in total. The van der Waals surface area contributed by atoms with Gasteiger partial charge in [-0.3, -0.25) is 10.1 Å². The second-order valence-corrected chi connectivity index (χ2v) is 5.34. The van der Waals surface area contributed by atoms with Gasteiger partial charge in [-0.15, -0.1) is 10.2 Å². The molecular formula is C17H13N5O3. The van der Waals surface area contributed by atoms with E-state index in [-0.39, 0.29) is 5.69 Å². The van der Waals surface area contributed by atoms with Crippen LogP contribution in [0.4, 0.5) is 17.4 Å². The van der Waals surface area contributed by atoms with Gasteiger partial charge in [0.15, 0.2) is 5.82 Å². The number of aryl methyl sites for hydroxylation is 1. The summed E-state index contributed by atoms with van der Waals surface area (Å²) in [7, 11) is 0. The minimum Gasteiger partial charge on any atom is -0.444 e. The zero-order valence-corrected chi connectivity index (χ0v) is 13.5. The largest absolute Gasteiger partial charge is 0.444 e. The number of nitrogens with zero attached hydrogens (tertiary/aromatic N) is 4. The van der Waals surface area contributed by atoms with Crippen molar-refractivity contribution in [3.63, 3.8) is 0 Å². The van der Waals surface area contributed by atoms with E-state index in [0.717, 1.165) is 5.56 Å². The predicted molar refractivity (Wildman–Crippen MR) is 90.3 cm³/mol. The molecule has 0 amide bonds. The molecular weight excluding hydrogens is 322 g/mol. The van der Waals surface area contributed by atoms with Crippen molar-refractivity contribution in [1.29, 1.82) is 5.26 Å². The molecule has 2 aromatic heterocycles. The standard InChI is InChI=1S/C17H13N5O3/c1-10-11(2)25-17(14(10)9-18)19-16-7-6-15(20-21-16)12-4-3-5-13(8-12)22(23)24/h3-8H,1-2H3,(H,19,21). The molecule has 8 heteroatoms. The fraction of sp³-hybridized carbons (Fsp3) is 0.118. The first-order chi connectivity index (χ1) is 12.0. The summed E-state index contributed by atoms with van der Waals surface area (Å²) in [5.41, 5.74) is 2.27. The number of furan rings is 1. The summed E-state index contributed by atoms with van der Waals surface area (Å²) >= 11 is 0. The van der Waals surface area contributed by atoms with E-state index >= 15 is 0 Å². The Morgan fingerprint density at radius 3 is 2.68 bits per heavy atom. The van der Waals surface area contributed by atoms with E-state index in [2.05, 4.69) is 21.6 Å². The summed E-state index contributed by atoms with van der Waals surface area (Å²) in [6.45, 7) is 3.58. The van der Waals surface area contributed by atoms with Crippen molar-refractivity contribution in [2.75, 3.05) is 5.32 Å². The number of aromatic nitrogens is 2. The van der Waals surface area contributed by atoms with Crippen molar-refractivity contribution < 1.29 is 9.34 Å². The summed E-state index contributed by atoms with van der Waals surface area (Å²) in [4.78, 5) is 10.4. The minimum absolute atomic E-state index is 0.0123. The monoisotopic (exact) mass is 335 g/mol. The highest BCUT2D eigenvalue weighted by molar-refractivity contribution is 5.65. The molecule has 3 aromatic rings. The molecule has 8 nitrogen and oxygen atoms in total. The van der Waals surface area contributed by atoms with Crippen LogP contribution in [0.5, 0.6) is 0 Å². The third-order valence-corrected chi connectivity index (χ3v) is 3.76. The third-order valence-electron chi connectivity index (χ3n) is 3.76.